The van der Waals surface area contributed by atoms with Crippen LogP contribution < -0.4 is 10.1 Å². The first-order valence-corrected chi connectivity index (χ1v) is 10.3. The first-order valence-electron chi connectivity index (χ1n) is 6.76. The van der Waals surface area contributed by atoms with E-state index in [9.17, 15) is 4.79 Å². The average molecular weight is 299 g/mol. The van der Waals surface area contributed by atoms with E-state index in [4.69, 9.17) is 4.74 Å². The Labute approximate surface area is 128 Å². The smallest absolute Gasteiger partial charge is 0.221 e. The molecule has 0 aliphatic carbocycles. The zero-order valence-electron chi connectivity index (χ0n) is 13.3. The zero-order chi connectivity index (χ0) is 15.9. The van der Waals surface area contributed by atoms with Crippen LogP contribution in [0.25, 0.3) is 0 Å². The number of carbonyl (C=O) groups excluding carboxylic acids is 1. The minimum absolute atomic E-state index is 0.134. The molecule has 3 nitrogen and oxygen atoms in total. The van der Waals surface area contributed by atoms with Gasteiger partial charge in [0.25, 0.3) is 0 Å². The Bertz CT molecular complexity index is 637. The zero-order valence-corrected chi connectivity index (χ0v) is 14.3. The van der Waals surface area contributed by atoms with Gasteiger partial charge in [0.1, 0.15) is 13.8 Å². The van der Waals surface area contributed by atoms with Crippen molar-refractivity contribution in [3.05, 3.63) is 23.8 Å². The molecule has 1 rings (SSSR count). The van der Waals surface area contributed by atoms with Gasteiger partial charge in [-0.1, -0.05) is 37.4 Å². The van der Waals surface area contributed by atoms with Crippen molar-refractivity contribution >= 4 is 19.7 Å². The van der Waals surface area contributed by atoms with E-state index < -0.39 is 8.07 Å². The molecule has 0 aromatic heterocycles. The summed E-state index contributed by atoms with van der Waals surface area (Å²) in [7, 11) is 0.253. The van der Waals surface area contributed by atoms with Gasteiger partial charge in [-0.15, -0.1) is 5.54 Å². The maximum absolute atomic E-state index is 11.2. The van der Waals surface area contributed by atoms with Crippen molar-refractivity contribution < 1.29 is 9.53 Å². The molecule has 1 amide bonds. The van der Waals surface area contributed by atoms with E-state index in [1.54, 1.807) is 13.2 Å². The second-order valence-corrected chi connectivity index (χ2v) is 10.4. The van der Waals surface area contributed by atoms with E-state index >= 15 is 0 Å². The fraction of sp³-hybridized carbons (Fsp3) is 0.353. The molecule has 0 saturated carbocycles. The van der Waals surface area contributed by atoms with Crippen molar-refractivity contribution in [3.63, 3.8) is 0 Å². The molecule has 0 unspecified atom stereocenters. The second kappa shape index (κ2) is 7.57. The molecule has 0 atom stereocenters. The molecular weight excluding hydrogens is 278 g/mol. The van der Waals surface area contributed by atoms with E-state index in [0.29, 0.717) is 17.9 Å². The second-order valence-electron chi connectivity index (χ2n) is 5.62. The Morgan fingerprint density at radius 1 is 1.29 bits per heavy atom. The van der Waals surface area contributed by atoms with Crippen LogP contribution in [0.1, 0.15) is 18.9 Å². The molecule has 0 bridgehead atoms. The summed E-state index contributed by atoms with van der Waals surface area (Å²) in [4.78, 5) is 11.2. The van der Waals surface area contributed by atoms with Gasteiger partial charge in [-0.3, -0.25) is 4.79 Å². The predicted molar refractivity (Wildman–Crippen MR) is 89.9 cm³/mol. The average Bonchev–Trinajstić information content (AvgIpc) is 2.37. The van der Waals surface area contributed by atoms with Gasteiger partial charge in [-0.2, -0.15) is 0 Å². The number of carbonyl (C=O) groups is 1. The Kier molecular flexibility index (Phi) is 6.08. The number of nitrogens with one attached hydrogen (secondary N) is 1. The van der Waals surface area contributed by atoms with Crippen molar-refractivity contribution in [2.24, 2.45) is 0 Å². The van der Waals surface area contributed by atoms with Crippen LogP contribution >= 0.6 is 0 Å². The van der Waals surface area contributed by atoms with Gasteiger partial charge in [0.05, 0.1) is 19.2 Å². The highest BCUT2D eigenvalue weighted by molar-refractivity contribution is 6.83. The fourth-order valence-electron chi connectivity index (χ4n) is 1.55. The summed E-state index contributed by atoms with van der Waals surface area (Å²) in [6, 6.07) is 5.42. The third kappa shape index (κ3) is 6.69. The Balaban J connectivity index is 2.92. The number of anilines is 1. The molecule has 0 heterocycles. The van der Waals surface area contributed by atoms with Gasteiger partial charge in [0, 0.05) is 18.6 Å². The fourth-order valence-corrected chi connectivity index (χ4v) is 2.16. The molecule has 1 N–H and O–H groups in total. The van der Waals surface area contributed by atoms with E-state index in [1.807, 2.05) is 12.1 Å². The Morgan fingerprint density at radius 3 is 2.57 bits per heavy atom. The Morgan fingerprint density at radius 2 is 2.00 bits per heavy atom. The van der Waals surface area contributed by atoms with Crippen molar-refractivity contribution in [1.29, 1.82) is 0 Å². The maximum Gasteiger partial charge on any atom is 0.221 e. The standard InChI is InChI=1S/C17H21NO2Si/c1-14(19)18-17-13-16(20-2)11-10-15(17)9-7-6-8-12-21(3,4)5/h10-11,13H,6H2,1-5H3,(H,18,19). The van der Waals surface area contributed by atoms with E-state index in [-0.39, 0.29) is 5.91 Å². The molecule has 0 aliphatic heterocycles. The highest BCUT2D eigenvalue weighted by Crippen LogP contribution is 2.21. The highest BCUT2D eigenvalue weighted by Gasteiger charge is 2.06. The van der Waals surface area contributed by atoms with Crippen molar-refractivity contribution in [1.82, 2.24) is 0 Å². The summed E-state index contributed by atoms with van der Waals surface area (Å²) in [5.41, 5.74) is 4.69. The Hall–Kier alpha value is -2.17. The first-order chi connectivity index (χ1) is 9.81. The van der Waals surface area contributed by atoms with E-state index in [2.05, 4.69) is 48.3 Å². The number of hydrogen-bond acceptors (Lipinski definition) is 2. The first kappa shape index (κ1) is 16.9. The summed E-state index contributed by atoms with van der Waals surface area (Å²) in [5, 5.41) is 2.76. The summed E-state index contributed by atoms with van der Waals surface area (Å²) in [5.74, 6) is 9.73. The van der Waals surface area contributed by atoms with Crippen LogP contribution in [0.4, 0.5) is 5.69 Å². The number of benzene rings is 1. The summed E-state index contributed by atoms with van der Waals surface area (Å²) in [6.07, 6.45) is 0.538. The lowest BCUT2D eigenvalue weighted by atomic mass is 10.1. The van der Waals surface area contributed by atoms with Crippen LogP contribution in [0, 0.1) is 23.3 Å². The van der Waals surface area contributed by atoms with Crippen LogP contribution in [-0.2, 0) is 4.79 Å². The number of amides is 1. The molecular formula is C17H21NO2Si. The normalized spacial score (nSPS) is 9.76. The third-order valence-corrected chi connectivity index (χ3v) is 3.33. The largest absolute Gasteiger partial charge is 0.497 e. The summed E-state index contributed by atoms with van der Waals surface area (Å²) >= 11 is 0. The van der Waals surface area contributed by atoms with Crippen LogP contribution in [0.5, 0.6) is 5.75 Å². The molecule has 110 valence electrons. The number of ether oxygens (including phenoxy) is 1. The molecule has 0 aliphatic rings. The summed E-state index contributed by atoms with van der Waals surface area (Å²) < 4.78 is 5.15. The van der Waals surface area contributed by atoms with Gasteiger partial charge < -0.3 is 10.1 Å². The van der Waals surface area contributed by atoms with Crippen LogP contribution in [0.2, 0.25) is 19.6 Å². The van der Waals surface area contributed by atoms with Gasteiger partial charge in [0.2, 0.25) is 5.91 Å². The number of hydrogen-bond donors (Lipinski definition) is 1. The monoisotopic (exact) mass is 299 g/mol. The molecule has 4 heteroatoms. The minimum Gasteiger partial charge on any atom is -0.497 e. The molecule has 1 aromatic rings. The lowest BCUT2D eigenvalue weighted by Gasteiger charge is -2.07. The molecule has 0 spiro atoms. The van der Waals surface area contributed by atoms with Crippen molar-refractivity contribution in [2.45, 2.75) is 33.0 Å². The van der Waals surface area contributed by atoms with Gasteiger partial charge in [0.15, 0.2) is 0 Å². The minimum atomic E-state index is -1.33. The molecule has 1 aromatic carbocycles. The highest BCUT2D eigenvalue weighted by atomic mass is 28.3. The van der Waals surface area contributed by atoms with Crippen molar-refractivity contribution in [3.8, 4) is 29.1 Å². The molecule has 0 radical (unpaired) electrons. The summed E-state index contributed by atoms with van der Waals surface area (Å²) in [6.45, 7) is 8.07. The lowest BCUT2D eigenvalue weighted by Crippen LogP contribution is -2.16. The number of methoxy groups -OCH3 is 1. The molecule has 21 heavy (non-hydrogen) atoms. The SMILES string of the molecule is COc1ccc(C#CCC#C[Si](C)(C)C)c(NC(C)=O)c1. The van der Waals surface area contributed by atoms with Gasteiger partial charge >= 0.3 is 0 Å². The van der Waals surface area contributed by atoms with Crippen LogP contribution in [-0.4, -0.2) is 21.1 Å². The number of rotatable bonds is 2. The molecule has 0 saturated heterocycles. The van der Waals surface area contributed by atoms with Crippen LogP contribution in [0.3, 0.4) is 0 Å². The molecule has 0 fully saturated rings. The third-order valence-electron chi connectivity index (χ3n) is 2.40. The van der Waals surface area contributed by atoms with Gasteiger partial charge in [-0.05, 0) is 12.1 Å². The quantitative estimate of drug-likeness (QED) is 0.672. The maximum atomic E-state index is 11.2. The van der Waals surface area contributed by atoms with E-state index in [0.717, 1.165) is 5.56 Å². The topological polar surface area (TPSA) is 38.3 Å². The van der Waals surface area contributed by atoms with Crippen molar-refractivity contribution in [2.75, 3.05) is 12.4 Å². The predicted octanol–water partition coefficient (Wildman–Crippen LogP) is 3.28. The van der Waals surface area contributed by atoms with Gasteiger partial charge in [-0.25, -0.2) is 0 Å². The van der Waals surface area contributed by atoms with E-state index in [1.165, 1.54) is 6.92 Å². The van der Waals surface area contributed by atoms with Crippen LogP contribution in [0.15, 0.2) is 18.2 Å². The lowest BCUT2D eigenvalue weighted by molar-refractivity contribution is -0.114.